The van der Waals surface area contributed by atoms with Crippen LogP contribution in [0.25, 0.3) is 0 Å². The second kappa shape index (κ2) is 9.23. The third kappa shape index (κ3) is 4.89. The molecule has 1 saturated heterocycles. The molecule has 0 saturated carbocycles. The van der Waals surface area contributed by atoms with Crippen molar-refractivity contribution in [3.63, 3.8) is 0 Å². The van der Waals surface area contributed by atoms with Crippen molar-refractivity contribution in [1.82, 2.24) is 4.90 Å². The molecule has 0 atom stereocenters. The smallest absolute Gasteiger partial charge is 0.255 e. The van der Waals surface area contributed by atoms with Gasteiger partial charge in [0, 0.05) is 43.0 Å². The van der Waals surface area contributed by atoms with E-state index in [1.54, 1.807) is 18.2 Å². The number of carbonyl (C=O) groups excluding carboxylic acids is 2. The van der Waals surface area contributed by atoms with Gasteiger partial charge in [0.05, 0.1) is 10.7 Å². The van der Waals surface area contributed by atoms with Crippen LogP contribution in [0.1, 0.15) is 26.3 Å². The lowest BCUT2D eigenvalue weighted by Crippen LogP contribution is -2.48. The zero-order chi connectivity index (χ0) is 21.8. The Morgan fingerprint density at radius 3 is 2.16 bits per heavy atom. The second-order valence-corrected chi connectivity index (χ2v) is 8.04. The molecular weight excluding hydrogens is 410 g/mol. The maximum absolute atomic E-state index is 12.6. The molecular formula is C25H24ClN3O2. The number of hydrogen-bond acceptors (Lipinski definition) is 3. The molecule has 0 aromatic heterocycles. The fourth-order valence-electron chi connectivity index (χ4n) is 3.66. The van der Waals surface area contributed by atoms with Gasteiger partial charge in [0.1, 0.15) is 0 Å². The van der Waals surface area contributed by atoms with Crippen LogP contribution >= 0.6 is 11.6 Å². The second-order valence-electron chi connectivity index (χ2n) is 7.63. The number of halogens is 1. The third-order valence-electron chi connectivity index (χ3n) is 5.45. The van der Waals surface area contributed by atoms with E-state index in [0.717, 1.165) is 11.3 Å². The summed E-state index contributed by atoms with van der Waals surface area (Å²) in [5, 5.41) is 3.47. The number of hydrogen-bond donors (Lipinski definition) is 1. The van der Waals surface area contributed by atoms with Gasteiger partial charge in [-0.2, -0.15) is 0 Å². The van der Waals surface area contributed by atoms with Crippen LogP contribution in [-0.4, -0.2) is 42.9 Å². The predicted molar refractivity (Wildman–Crippen MR) is 125 cm³/mol. The van der Waals surface area contributed by atoms with Crippen LogP contribution in [0.3, 0.4) is 0 Å². The van der Waals surface area contributed by atoms with Gasteiger partial charge in [0.15, 0.2) is 0 Å². The molecule has 4 rings (SSSR count). The molecule has 1 fully saturated rings. The molecule has 31 heavy (non-hydrogen) atoms. The largest absolute Gasteiger partial charge is 0.367 e. The average molecular weight is 434 g/mol. The van der Waals surface area contributed by atoms with E-state index in [-0.39, 0.29) is 11.8 Å². The summed E-state index contributed by atoms with van der Waals surface area (Å²) in [6.45, 7) is 4.66. The first-order valence-corrected chi connectivity index (χ1v) is 10.7. The minimum absolute atomic E-state index is 0.0560. The molecule has 1 aliphatic heterocycles. The van der Waals surface area contributed by atoms with Crippen molar-refractivity contribution in [2.75, 3.05) is 36.4 Å². The summed E-state index contributed by atoms with van der Waals surface area (Å²) < 4.78 is 0. The van der Waals surface area contributed by atoms with Gasteiger partial charge in [0.2, 0.25) is 0 Å². The fraction of sp³-hybridized carbons (Fsp3) is 0.200. The van der Waals surface area contributed by atoms with Crippen molar-refractivity contribution in [2.45, 2.75) is 6.92 Å². The lowest BCUT2D eigenvalue weighted by molar-refractivity contribution is 0.0746. The molecule has 0 radical (unpaired) electrons. The zero-order valence-corrected chi connectivity index (χ0v) is 18.1. The number of benzene rings is 3. The number of rotatable bonds is 4. The summed E-state index contributed by atoms with van der Waals surface area (Å²) in [5.41, 5.74) is 3.97. The van der Waals surface area contributed by atoms with Crippen LogP contribution in [0.5, 0.6) is 0 Å². The van der Waals surface area contributed by atoms with Gasteiger partial charge < -0.3 is 15.1 Å². The molecule has 1 aliphatic rings. The summed E-state index contributed by atoms with van der Waals surface area (Å²) in [5.74, 6) is -0.114. The van der Waals surface area contributed by atoms with Gasteiger partial charge in [-0.05, 0) is 49.4 Å². The molecule has 0 bridgehead atoms. The van der Waals surface area contributed by atoms with Crippen LogP contribution in [-0.2, 0) is 0 Å². The predicted octanol–water partition coefficient (Wildman–Crippen LogP) is 4.86. The number of nitrogens with one attached hydrogen (secondary N) is 1. The molecule has 0 spiro atoms. The third-order valence-corrected chi connectivity index (χ3v) is 5.75. The highest BCUT2D eigenvalue weighted by Gasteiger charge is 2.23. The van der Waals surface area contributed by atoms with E-state index in [1.807, 2.05) is 66.4 Å². The van der Waals surface area contributed by atoms with E-state index in [0.29, 0.717) is 48.0 Å². The maximum Gasteiger partial charge on any atom is 0.255 e. The van der Waals surface area contributed by atoms with Crippen molar-refractivity contribution < 1.29 is 9.59 Å². The average Bonchev–Trinajstić information content (AvgIpc) is 2.80. The van der Waals surface area contributed by atoms with Crippen molar-refractivity contribution in [3.8, 4) is 0 Å². The van der Waals surface area contributed by atoms with Crippen LogP contribution < -0.4 is 10.2 Å². The number of piperazine rings is 1. The zero-order valence-electron chi connectivity index (χ0n) is 17.3. The lowest BCUT2D eigenvalue weighted by Gasteiger charge is -2.36. The Hall–Kier alpha value is -3.31. The number of amides is 2. The van der Waals surface area contributed by atoms with Gasteiger partial charge >= 0.3 is 0 Å². The van der Waals surface area contributed by atoms with Crippen molar-refractivity contribution in [2.24, 2.45) is 0 Å². The van der Waals surface area contributed by atoms with Crippen molar-refractivity contribution in [1.29, 1.82) is 0 Å². The van der Waals surface area contributed by atoms with Crippen LogP contribution in [0.2, 0.25) is 5.02 Å². The highest BCUT2D eigenvalue weighted by molar-refractivity contribution is 6.33. The Bertz CT molecular complexity index is 1080. The van der Waals surface area contributed by atoms with E-state index >= 15 is 0 Å². The van der Waals surface area contributed by atoms with Crippen molar-refractivity contribution >= 4 is 34.8 Å². The summed E-state index contributed by atoms with van der Waals surface area (Å²) in [6.07, 6.45) is 0. The van der Waals surface area contributed by atoms with Crippen LogP contribution in [0, 0.1) is 6.92 Å². The SMILES string of the molecule is Cc1ccc(C(=O)Nc2ccc(N3CCN(C(=O)c4ccccc4)CC3)c(Cl)c2)cc1. The number of aryl methyl sites for hydroxylation is 1. The normalized spacial score (nSPS) is 13.7. The Kier molecular flexibility index (Phi) is 6.23. The molecule has 6 heteroatoms. The number of nitrogens with zero attached hydrogens (tertiary/aromatic N) is 2. The van der Waals surface area contributed by atoms with Gasteiger partial charge in [-0.1, -0.05) is 47.5 Å². The minimum atomic E-state index is -0.170. The topological polar surface area (TPSA) is 52.7 Å². The van der Waals surface area contributed by atoms with Gasteiger partial charge in [0.25, 0.3) is 11.8 Å². The van der Waals surface area contributed by atoms with Gasteiger partial charge in [-0.25, -0.2) is 0 Å². The Labute approximate surface area is 187 Å². The van der Waals surface area contributed by atoms with Gasteiger partial charge in [-0.3, -0.25) is 9.59 Å². The molecule has 2 amide bonds. The molecule has 158 valence electrons. The number of carbonyl (C=O) groups is 2. The summed E-state index contributed by atoms with van der Waals surface area (Å²) >= 11 is 6.53. The molecule has 3 aromatic rings. The molecule has 1 heterocycles. The quantitative estimate of drug-likeness (QED) is 0.639. The monoisotopic (exact) mass is 433 g/mol. The van der Waals surface area contributed by atoms with E-state index in [1.165, 1.54) is 0 Å². The number of anilines is 2. The summed E-state index contributed by atoms with van der Waals surface area (Å²) in [6, 6.07) is 22.3. The van der Waals surface area contributed by atoms with Crippen molar-refractivity contribution in [3.05, 3.63) is 94.5 Å². The van der Waals surface area contributed by atoms with Crippen LogP contribution in [0.4, 0.5) is 11.4 Å². The van der Waals surface area contributed by atoms with Crippen LogP contribution in [0.15, 0.2) is 72.8 Å². The van der Waals surface area contributed by atoms with E-state index in [4.69, 9.17) is 11.6 Å². The molecule has 3 aromatic carbocycles. The Balaban J connectivity index is 1.38. The highest BCUT2D eigenvalue weighted by Crippen LogP contribution is 2.30. The first-order chi connectivity index (χ1) is 15.0. The summed E-state index contributed by atoms with van der Waals surface area (Å²) in [4.78, 5) is 29.1. The fourth-order valence-corrected chi connectivity index (χ4v) is 3.96. The highest BCUT2D eigenvalue weighted by atomic mass is 35.5. The maximum atomic E-state index is 12.6. The van der Waals surface area contributed by atoms with E-state index < -0.39 is 0 Å². The Morgan fingerprint density at radius 1 is 0.839 bits per heavy atom. The molecule has 1 N–H and O–H groups in total. The van der Waals surface area contributed by atoms with Gasteiger partial charge in [-0.15, -0.1) is 0 Å². The molecule has 0 unspecified atom stereocenters. The first-order valence-electron chi connectivity index (χ1n) is 10.3. The standard InChI is InChI=1S/C25H24ClN3O2/c1-18-7-9-19(10-8-18)24(30)27-21-11-12-23(22(26)17-21)28-13-15-29(16-14-28)25(31)20-5-3-2-4-6-20/h2-12,17H,13-16H2,1H3,(H,27,30). The van der Waals surface area contributed by atoms with E-state index in [9.17, 15) is 9.59 Å². The first kappa shape index (κ1) is 20.9. The summed E-state index contributed by atoms with van der Waals surface area (Å²) in [7, 11) is 0. The lowest BCUT2D eigenvalue weighted by atomic mass is 10.1. The molecule has 0 aliphatic carbocycles. The molecule has 5 nitrogen and oxygen atoms in total. The minimum Gasteiger partial charge on any atom is -0.367 e. The Morgan fingerprint density at radius 2 is 1.52 bits per heavy atom. The van der Waals surface area contributed by atoms with E-state index in [2.05, 4.69) is 10.2 Å².